The minimum atomic E-state index is -0.494. The van der Waals surface area contributed by atoms with Gasteiger partial charge in [0, 0.05) is 18.5 Å². The Hall–Kier alpha value is -3.67. The highest BCUT2D eigenvalue weighted by Crippen LogP contribution is 2.18. The number of amides is 2. The predicted octanol–water partition coefficient (Wildman–Crippen LogP) is 4.16. The molecule has 1 unspecified atom stereocenters. The molecule has 0 fully saturated rings. The van der Waals surface area contributed by atoms with Crippen molar-refractivity contribution in [2.75, 3.05) is 6.54 Å². The summed E-state index contributed by atoms with van der Waals surface area (Å²) in [6, 6.07) is 22.1. The molecule has 6 heteroatoms. The molecule has 166 valence electrons. The average Bonchev–Trinajstić information content (AvgIpc) is 2.78. The third kappa shape index (κ3) is 6.67. The number of hydrogen-bond acceptors (Lipinski definition) is 4. The molecule has 32 heavy (non-hydrogen) atoms. The molecule has 0 radical (unpaired) electrons. The fraction of sp³-hybridized carbons (Fsp3) is 0.269. The molecule has 0 aliphatic carbocycles. The molecule has 0 saturated carbocycles. The van der Waals surface area contributed by atoms with Gasteiger partial charge in [0.15, 0.2) is 0 Å². The summed E-state index contributed by atoms with van der Waals surface area (Å²) in [6.45, 7) is 3.76. The van der Waals surface area contributed by atoms with Crippen LogP contribution in [0.4, 0.5) is 0 Å². The lowest BCUT2D eigenvalue weighted by Gasteiger charge is -2.19. The van der Waals surface area contributed by atoms with E-state index in [1.807, 2.05) is 66.7 Å². The molecule has 0 aliphatic rings. The molecule has 0 heterocycles. The molecule has 3 rings (SSSR count). The summed E-state index contributed by atoms with van der Waals surface area (Å²) in [4.78, 5) is 37.1. The number of benzene rings is 3. The maximum atomic E-state index is 12.5. The number of ether oxygens (including phenoxy) is 1. The van der Waals surface area contributed by atoms with Crippen LogP contribution in [-0.4, -0.2) is 30.4 Å². The van der Waals surface area contributed by atoms with Crippen molar-refractivity contribution < 1.29 is 19.1 Å². The summed E-state index contributed by atoms with van der Waals surface area (Å²) in [5.74, 6) is -0.863. The van der Waals surface area contributed by atoms with Crippen molar-refractivity contribution in [1.82, 2.24) is 10.6 Å². The first kappa shape index (κ1) is 23.0. The fourth-order valence-corrected chi connectivity index (χ4v) is 3.40. The first-order chi connectivity index (χ1) is 15.4. The van der Waals surface area contributed by atoms with E-state index < -0.39 is 6.04 Å². The van der Waals surface area contributed by atoms with Gasteiger partial charge in [-0.15, -0.1) is 0 Å². The smallest absolute Gasteiger partial charge is 0.308 e. The fourth-order valence-electron chi connectivity index (χ4n) is 3.40. The van der Waals surface area contributed by atoms with Crippen LogP contribution in [0.1, 0.15) is 48.7 Å². The molecule has 3 aromatic carbocycles. The second-order valence-corrected chi connectivity index (χ2v) is 7.84. The average molecular weight is 433 g/mol. The number of hydrogen-bond donors (Lipinski definition) is 2. The van der Waals surface area contributed by atoms with E-state index in [0.29, 0.717) is 5.56 Å². The zero-order chi connectivity index (χ0) is 22.9. The molecule has 0 spiro atoms. The van der Waals surface area contributed by atoms with Crippen LogP contribution in [-0.2, 0) is 14.3 Å². The summed E-state index contributed by atoms with van der Waals surface area (Å²) in [7, 11) is 0. The Balaban J connectivity index is 1.54. The van der Waals surface area contributed by atoms with E-state index in [1.165, 1.54) is 0 Å². The zero-order valence-electron chi connectivity index (χ0n) is 18.3. The largest absolute Gasteiger partial charge is 0.463 e. The monoisotopic (exact) mass is 432 g/mol. The van der Waals surface area contributed by atoms with Gasteiger partial charge in [-0.3, -0.25) is 14.4 Å². The lowest BCUT2D eigenvalue weighted by atomic mass is 10.0. The van der Waals surface area contributed by atoms with E-state index in [0.717, 1.165) is 16.3 Å². The molecule has 1 atom stereocenters. The molecule has 6 nitrogen and oxygen atoms in total. The Morgan fingerprint density at radius 3 is 2.28 bits per heavy atom. The summed E-state index contributed by atoms with van der Waals surface area (Å²) in [5.41, 5.74) is 1.37. The van der Waals surface area contributed by atoms with Crippen LogP contribution in [0.2, 0.25) is 0 Å². The van der Waals surface area contributed by atoms with Crippen molar-refractivity contribution in [3.05, 3.63) is 83.9 Å². The lowest BCUT2D eigenvalue weighted by Crippen LogP contribution is -2.34. The van der Waals surface area contributed by atoms with Crippen LogP contribution in [0.3, 0.4) is 0 Å². The molecule has 0 saturated heterocycles. The van der Waals surface area contributed by atoms with Gasteiger partial charge in [0.2, 0.25) is 5.91 Å². The normalized spacial score (nSPS) is 11.7. The van der Waals surface area contributed by atoms with Gasteiger partial charge < -0.3 is 15.4 Å². The highest BCUT2D eigenvalue weighted by atomic mass is 16.5. The highest BCUT2D eigenvalue weighted by Gasteiger charge is 2.20. The molecule has 0 aromatic heterocycles. The van der Waals surface area contributed by atoms with Crippen LogP contribution in [0.5, 0.6) is 0 Å². The van der Waals surface area contributed by atoms with Crippen molar-refractivity contribution in [1.29, 1.82) is 0 Å². The molecule has 0 bridgehead atoms. The van der Waals surface area contributed by atoms with E-state index in [4.69, 9.17) is 4.74 Å². The first-order valence-electron chi connectivity index (χ1n) is 10.7. The van der Waals surface area contributed by atoms with Crippen molar-refractivity contribution in [2.24, 2.45) is 0 Å². The number of carbonyl (C=O) groups excluding carboxylic acids is 3. The van der Waals surface area contributed by atoms with Crippen LogP contribution in [0.15, 0.2) is 72.8 Å². The highest BCUT2D eigenvalue weighted by molar-refractivity contribution is 5.98. The number of carbonyl (C=O) groups is 3. The first-order valence-corrected chi connectivity index (χ1v) is 10.7. The third-order valence-corrected chi connectivity index (χ3v) is 4.92. The van der Waals surface area contributed by atoms with Gasteiger partial charge in [0.05, 0.1) is 18.6 Å². The minimum absolute atomic E-state index is 0.0391. The van der Waals surface area contributed by atoms with Gasteiger partial charge in [0.25, 0.3) is 5.91 Å². The summed E-state index contributed by atoms with van der Waals surface area (Å²) < 4.78 is 5.23. The molecule has 2 amide bonds. The summed E-state index contributed by atoms with van der Waals surface area (Å²) in [5, 5.41) is 7.71. The summed E-state index contributed by atoms with van der Waals surface area (Å²) >= 11 is 0. The maximum Gasteiger partial charge on any atom is 0.308 e. The molecule has 0 aliphatic heterocycles. The van der Waals surface area contributed by atoms with Gasteiger partial charge in [0.1, 0.15) is 0 Å². The van der Waals surface area contributed by atoms with E-state index in [1.54, 1.807) is 19.9 Å². The molecular formula is C26H28N2O4. The molecular weight excluding hydrogens is 404 g/mol. The lowest BCUT2D eigenvalue weighted by molar-refractivity contribution is -0.148. The van der Waals surface area contributed by atoms with Crippen molar-refractivity contribution in [2.45, 2.75) is 38.8 Å². The Bertz CT molecular complexity index is 1080. The number of nitrogens with one attached hydrogen (secondary N) is 2. The predicted molar refractivity (Wildman–Crippen MR) is 124 cm³/mol. The summed E-state index contributed by atoms with van der Waals surface area (Å²) in [6.07, 6.45) is -0.0841. The second-order valence-electron chi connectivity index (χ2n) is 7.84. The van der Waals surface area contributed by atoms with Gasteiger partial charge in [-0.25, -0.2) is 0 Å². The minimum Gasteiger partial charge on any atom is -0.463 e. The third-order valence-electron chi connectivity index (χ3n) is 4.92. The Morgan fingerprint density at radius 1 is 0.875 bits per heavy atom. The Labute approximate surface area is 188 Å². The Morgan fingerprint density at radius 2 is 1.56 bits per heavy atom. The van der Waals surface area contributed by atoms with Gasteiger partial charge in [-0.05, 0) is 42.3 Å². The topological polar surface area (TPSA) is 84.5 Å². The van der Waals surface area contributed by atoms with Crippen LogP contribution < -0.4 is 10.6 Å². The van der Waals surface area contributed by atoms with E-state index in [9.17, 15) is 14.4 Å². The zero-order valence-corrected chi connectivity index (χ0v) is 18.3. The van der Waals surface area contributed by atoms with E-state index in [2.05, 4.69) is 10.6 Å². The quantitative estimate of drug-likeness (QED) is 0.497. The molecule has 3 aromatic rings. The van der Waals surface area contributed by atoms with Crippen molar-refractivity contribution in [3.63, 3.8) is 0 Å². The van der Waals surface area contributed by atoms with E-state index in [-0.39, 0.29) is 43.3 Å². The number of fused-ring (bicyclic) bond motifs is 1. The van der Waals surface area contributed by atoms with Gasteiger partial charge >= 0.3 is 5.97 Å². The van der Waals surface area contributed by atoms with Crippen LogP contribution >= 0.6 is 0 Å². The second kappa shape index (κ2) is 11.1. The number of rotatable bonds is 9. The van der Waals surface area contributed by atoms with Crippen molar-refractivity contribution >= 4 is 28.6 Å². The van der Waals surface area contributed by atoms with Crippen LogP contribution in [0, 0.1) is 0 Å². The number of esters is 1. The molecule has 2 N–H and O–H groups in total. The van der Waals surface area contributed by atoms with Crippen molar-refractivity contribution in [3.8, 4) is 0 Å². The van der Waals surface area contributed by atoms with Crippen LogP contribution in [0.25, 0.3) is 10.8 Å². The Kier molecular flexibility index (Phi) is 7.97. The SMILES string of the molecule is CC(C)OC(=O)CC(NC(=O)CCNC(=O)c1ccc2ccccc2c1)c1ccccc1. The van der Waals surface area contributed by atoms with Gasteiger partial charge in [-0.2, -0.15) is 0 Å². The van der Waals surface area contributed by atoms with E-state index >= 15 is 0 Å². The standard InChI is InChI=1S/C26H28N2O4/c1-18(2)32-25(30)17-23(20-9-4-3-5-10-20)28-24(29)14-15-27-26(31)22-13-12-19-8-6-7-11-21(19)16-22/h3-13,16,18,23H,14-15,17H2,1-2H3,(H,27,31)(H,28,29). The van der Waals surface area contributed by atoms with Gasteiger partial charge in [-0.1, -0.05) is 60.7 Å². The maximum absolute atomic E-state index is 12.5.